The second-order valence-corrected chi connectivity index (χ2v) is 6.66. The lowest BCUT2D eigenvalue weighted by Gasteiger charge is -2.29. The van der Waals surface area contributed by atoms with Crippen LogP contribution in [0, 0.1) is 6.92 Å². The van der Waals surface area contributed by atoms with E-state index in [1.54, 1.807) is 17.5 Å². The minimum atomic E-state index is 0.0552. The maximum Gasteiger partial charge on any atom is 0.220 e. The quantitative estimate of drug-likeness (QED) is 0.866. The van der Waals surface area contributed by atoms with Crippen molar-refractivity contribution in [1.29, 1.82) is 0 Å². The summed E-state index contributed by atoms with van der Waals surface area (Å²) in [4.78, 5) is 24.2. The number of carbonyl (C=O) groups is 1. The third-order valence-electron chi connectivity index (χ3n) is 4.08. The summed E-state index contributed by atoms with van der Waals surface area (Å²) in [6, 6.07) is 3.93. The monoisotopic (exact) mass is 346 g/mol. The zero-order chi connectivity index (χ0) is 16.8. The lowest BCUT2D eigenvalue weighted by molar-refractivity contribution is -0.121. The van der Waals surface area contributed by atoms with Gasteiger partial charge in [-0.1, -0.05) is 6.07 Å². The molecule has 1 fully saturated rings. The number of rotatable bonds is 6. The molecule has 0 spiro atoms. The predicted molar refractivity (Wildman–Crippen MR) is 94.3 cm³/mol. The van der Waals surface area contributed by atoms with Crippen LogP contribution in [0.25, 0.3) is 0 Å². The lowest BCUT2D eigenvalue weighted by Crippen LogP contribution is -2.37. The Bertz CT molecular complexity index is 683. The topological polar surface area (TPSA) is 67.4 Å². The Balaban J connectivity index is 1.54. The van der Waals surface area contributed by atoms with Crippen LogP contribution in [0.3, 0.4) is 0 Å². The maximum atomic E-state index is 12.1. The first-order chi connectivity index (χ1) is 11.7. The number of hydrogen-bond acceptors (Lipinski definition) is 6. The van der Waals surface area contributed by atoms with Crippen molar-refractivity contribution in [1.82, 2.24) is 15.3 Å². The van der Waals surface area contributed by atoms with Crippen LogP contribution in [0.15, 0.2) is 23.8 Å². The van der Waals surface area contributed by atoms with Crippen LogP contribution in [0.1, 0.15) is 22.6 Å². The third-order valence-corrected chi connectivity index (χ3v) is 5.07. The summed E-state index contributed by atoms with van der Waals surface area (Å²) < 4.78 is 5.39. The molecule has 2 aromatic heterocycles. The molecule has 3 rings (SSSR count). The zero-order valence-corrected chi connectivity index (χ0v) is 14.6. The van der Waals surface area contributed by atoms with E-state index in [2.05, 4.69) is 20.2 Å². The summed E-state index contributed by atoms with van der Waals surface area (Å²) in [7, 11) is 0. The number of morpholine rings is 1. The first kappa shape index (κ1) is 16.9. The van der Waals surface area contributed by atoms with Crippen molar-refractivity contribution in [3.05, 3.63) is 40.0 Å². The van der Waals surface area contributed by atoms with E-state index in [1.165, 1.54) is 4.88 Å². The van der Waals surface area contributed by atoms with Crippen LogP contribution in [0.4, 0.5) is 5.82 Å². The average molecular weight is 346 g/mol. The summed E-state index contributed by atoms with van der Waals surface area (Å²) in [5, 5.41) is 3.01. The molecular weight excluding hydrogens is 324 g/mol. The number of aryl methyl sites for hydroxylation is 2. The summed E-state index contributed by atoms with van der Waals surface area (Å²) in [6.07, 6.45) is 3.02. The molecule has 128 valence electrons. The fourth-order valence-corrected chi connectivity index (χ4v) is 3.48. The Hall–Kier alpha value is -1.99. The van der Waals surface area contributed by atoms with Crippen LogP contribution in [-0.4, -0.2) is 42.2 Å². The van der Waals surface area contributed by atoms with E-state index in [4.69, 9.17) is 4.74 Å². The van der Waals surface area contributed by atoms with E-state index in [1.807, 2.05) is 24.6 Å². The molecule has 1 aliphatic heterocycles. The van der Waals surface area contributed by atoms with Crippen molar-refractivity contribution in [3.8, 4) is 0 Å². The highest BCUT2D eigenvalue weighted by atomic mass is 32.1. The summed E-state index contributed by atoms with van der Waals surface area (Å²) in [5.74, 6) is 0.999. The van der Waals surface area contributed by atoms with Gasteiger partial charge in [0, 0.05) is 42.7 Å². The van der Waals surface area contributed by atoms with Crippen molar-refractivity contribution < 1.29 is 9.53 Å². The molecular formula is C17H22N4O2S. The molecule has 0 aliphatic carbocycles. The van der Waals surface area contributed by atoms with Gasteiger partial charge in [0.2, 0.25) is 5.91 Å². The van der Waals surface area contributed by atoms with Crippen molar-refractivity contribution >= 4 is 23.1 Å². The third kappa shape index (κ3) is 4.30. The van der Waals surface area contributed by atoms with Gasteiger partial charge in [-0.15, -0.1) is 11.3 Å². The molecule has 0 radical (unpaired) electrons. The highest BCUT2D eigenvalue weighted by molar-refractivity contribution is 7.09. The van der Waals surface area contributed by atoms with Crippen molar-refractivity contribution in [2.75, 3.05) is 31.2 Å². The smallest absolute Gasteiger partial charge is 0.220 e. The molecule has 0 atom stereocenters. The Morgan fingerprint density at radius 3 is 2.96 bits per heavy atom. The molecule has 6 nitrogen and oxygen atoms in total. The van der Waals surface area contributed by atoms with Crippen molar-refractivity contribution in [3.63, 3.8) is 0 Å². The molecule has 1 N–H and O–H groups in total. The second kappa shape index (κ2) is 8.21. The van der Waals surface area contributed by atoms with Gasteiger partial charge in [0.1, 0.15) is 5.82 Å². The van der Waals surface area contributed by atoms with E-state index in [0.29, 0.717) is 13.0 Å². The van der Waals surface area contributed by atoms with Gasteiger partial charge in [-0.3, -0.25) is 4.79 Å². The van der Waals surface area contributed by atoms with Gasteiger partial charge in [-0.2, -0.15) is 0 Å². The Labute approximate surface area is 145 Å². The van der Waals surface area contributed by atoms with Crippen LogP contribution in [-0.2, 0) is 22.5 Å². The number of anilines is 1. The van der Waals surface area contributed by atoms with Crippen LogP contribution in [0.2, 0.25) is 0 Å². The number of ether oxygens (including phenoxy) is 1. The molecule has 2 aromatic rings. The number of pyridine rings is 1. The molecule has 0 unspecified atom stereocenters. The molecule has 0 bridgehead atoms. The minimum absolute atomic E-state index is 0.0552. The SMILES string of the molecule is Cc1ncsc1CCC(=O)NCc1cccnc1N1CCOCC1. The number of hydrogen-bond donors (Lipinski definition) is 1. The lowest BCUT2D eigenvalue weighted by atomic mass is 10.2. The number of thiazole rings is 1. The standard InChI is InChI=1S/C17H22N4O2S/c1-13-15(24-12-20-13)4-5-16(22)19-11-14-3-2-6-18-17(14)21-7-9-23-10-8-21/h2-3,6,12H,4-5,7-11H2,1H3,(H,19,22). The molecule has 3 heterocycles. The van der Waals surface area contributed by atoms with Crippen LogP contribution >= 0.6 is 11.3 Å². The highest BCUT2D eigenvalue weighted by Gasteiger charge is 2.16. The first-order valence-corrected chi connectivity index (χ1v) is 9.04. The number of nitrogens with one attached hydrogen (secondary N) is 1. The van der Waals surface area contributed by atoms with Gasteiger partial charge < -0.3 is 15.0 Å². The predicted octanol–water partition coefficient (Wildman–Crippen LogP) is 1.93. The van der Waals surface area contributed by atoms with E-state index in [0.717, 1.165) is 49.8 Å². The Morgan fingerprint density at radius 1 is 1.38 bits per heavy atom. The maximum absolute atomic E-state index is 12.1. The second-order valence-electron chi connectivity index (χ2n) is 5.72. The van der Waals surface area contributed by atoms with Crippen LogP contribution < -0.4 is 10.2 Å². The fraction of sp³-hybridized carbons (Fsp3) is 0.471. The molecule has 1 amide bonds. The summed E-state index contributed by atoms with van der Waals surface area (Å²) >= 11 is 1.61. The molecule has 1 aliphatic rings. The minimum Gasteiger partial charge on any atom is -0.378 e. The Morgan fingerprint density at radius 2 is 2.21 bits per heavy atom. The van der Waals surface area contributed by atoms with Gasteiger partial charge in [0.25, 0.3) is 0 Å². The number of carbonyl (C=O) groups excluding carboxylic acids is 1. The first-order valence-electron chi connectivity index (χ1n) is 8.16. The number of amides is 1. The molecule has 7 heteroatoms. The van der Waals surface area contributed by atoms with Crippen molar-refractivity contribution in [2.45, 2.75) is 26.3 Å². The molecule has 0 aromatic carbocycles. The fourth-order valence-electron chi connectivity index (χ4n) is 2.70. The van der Waals surface area contributed by atoms with Crippen molar-refractivity contribution in [2.24, 2.45) is 0 Å². The highest BCUT2D eigenvalue weighted by Crippen LogP contribution is 2.18. The summed E-state index contributed by atoms with van der Waals surface area (Å²) in [5.41, 5.74) is 3.89. The van der Waals surface area contributed by atoms with E-state index in [9.17, 15) is 4.79 Å². The van der Waals surface area contributed by atoms with Gasteiger partial charge in [-0.05, 0) is 19.4 Å². The van der Waals surface area contributed by atoms with E-state index in [-0.39, 0.29) is 5.91 Å². The van der Waals surface area contributed by atoms with Gasteiger partial charge in [0.05, 0.1) is 24.4 Å². The number of aromatic nitrogens is 2. The Kier molecular flexibility index (Phi) is 5.77. The van der Waals surface area contributed by atoms with Crippen LogP contribution in [0.5, 0.6) is 0 Å². The van der Waals surface area contributed by atoms with E-state index >= 15 is 0 Å². The molecule has 24 heavy (non-hydrogen) atoms. The van der Waals surface area contributed by atoms with Gasteiger partial charge in [0.15, 0.2) is 0 Å². The number of nitrogens with zero attached hydrogens (tertiary/aromatic N) is 3. The largest absolute Gasteiger partial charge is 0.378 e. The van der Waals surface area contributed by atoms with Gasteiger partial charge in [-0.25, -0.2) is 9.97 Å². The van der Waals surface area contributed by atoms with E-state index < -0.39 is 0 Å². The summed E-state index contributed by atoms with van der Waals surface area (Å²) in [6.45, 7) is 5.59. The molecule has 1 saturated heterocycles. The van der Waals surface area contributed by atoms with Gasteiger partial charge >= 0.3 is 0 Å². The zero-order valence-electron chi connectivity index (χ0n) is 13.8. The average Bonchev–Trinajstić information content (AvgIpc) is 3.04. The molecule has 0 saturated carbocycles. The normalized spacial score (nSPS) is 14.6.